The Morgan fingerprint density at radius 1 is 1.00 bits per heavy atom. The molecule has 2 nitrogen and oxygen atoms in total. The molecule has 21 heavy (non-hydrogen) atoms. The molecule has 0 aliphatic carbocycles. The van der Waals surface area contributed by atoms with E-state index < -0.39 is 0 Å². The second-order valence-corrected chi connectivity index (χ2v) is 5.53. The van der Waals surface area contributed by atoms with Crippen molar-refractivity contribution in [2.24, 2.45) is 0 Å². The van der Waals surface area contributed by atoms with Gasteiger partial charge in [0.05, 0.1) is 7.11 Å². The molecular weight excluding hydrogens is 258 g/mol. The zero-order chi connectivity index (χ0) is 15.2. The highest BCUT2D eigenvalue weighted by molar-refractivity contribution is 5.74. The summed E-state index contributed by atoms with van der Waals surface area (Å²) in [6.45, 7) is 8.46. The molecule has 2 rings (SSSR count). The Bertz CT molecular complexity index is 605. The smallest absolute Gasteiger partial charge is 0.126 e. The maximum atomic E-state index is 5.51. The first-order valence-electron chi connectivity index (χ1n) is 7.61. The van der Waals surface area contributed by atoms with Crippen molar-refractivity contribution in [3.8, 4) is 16.9 Å². The number of hydrogen-bond donors (Lipinski definition) is 1. The van der Waals surface area contributed by atoms with Crippen LogP contribution in [0.15, 0.2) is 36.4 Å². The number of benzene rings is 2. The summed E-state index contributed by atoms with van der Waals surface area (Å²) in [5.41, 5.74) is 6.28. The van der Waals surface area contributed by atoms with Gasteiger partial charge in [0.15, 0.2) is 0 Å². The number of aryl methyl sites for hydroxylation is 2. The highest BCUT2D eigenvalue weighted by atomic mass is 16.5. The molecule has 0 spiro atoms. The highest BCUT2D eigenvalue weighted by Gasteiger charge is 2.09. The molecule has 0 fully saturated rings. The van der Waals surface area contributed by atoms with Crippen LogP contribution in [0.4, 0.5) is 0 Å². The quantitative estimate of drug-likeness (QED) is 0.789. The van der Waals surface area contributed by atoms with Gasteiger partial charge in [0.2, 0.25) is 0 Å². The molecule has 2 aromatic carbocycles. The Morgan fingerprint density at radius 3 is 2.48 bits per heavy atom. The number of hydrogen-bond acceptors (Lipinski definition) is 2. The lowest BCUT2D eigenvalue weighted by Gasteiger charge is -2.13. The molecule has 0 atom stereocenters. The van der Waals surface area contributed by atoms with E-state index >= 15 is 0 Å². The van der Waals surface area contributed by atoms with Crippen LogP contribution in [-0.2, 0) is 6.54 Å². The van der Waals surface area contributed by atoms with Gasteiger partial charge in [0.25, 0.3) is 0 Å². The van der Waals surface area contributed by atoms with Crippen molar-refractivity contribution < 1.29 is 4.74 Å². The fraction of sp³-hybridized carbons (Fsp3) is 0.368. The molecule has 0 heterocycles. The van der Waals surface area contributed by atoms with Crippen LogP contribution in [0.2, 0.25) is 0 Å². The standard InChI is InChI=1S/C19H25NO/c1-5-10-20-13-16-7-8-17(15(3)12-16)18-11-14(2)6-9-19(18)21-4/h6-9,11-12,20H,5,10,13H2,1-4H3. The maximum absolute atomic E-state index is 5.51. The summed E-state index contributed by atoms with van der Waals surface area (Å²) in [5.74, 6) is 0.931. The Kier molecular flexibility index (Phi) is 5.40. The first-order valence-corrected chi connectivity index (χ1v) is 7.61. The minimum atomic E-state index is 0.930. The number of methoxy groups -OCH3 is 1. The SMILES string of the molecule is CCCNCc1ccc(-c2cc(C)ccc2OC)c(C)c1. The first-order chi connectivity index (χ1) is 10.2. The van der Waals surface area contributed by atoms with E-state index in [1.54, 1.807) is 7.11 Å². The van der Waals surface area contributed by atoms with E-state index in [9.17, 15) is 0 Å². The van der Waals surface area contributed by atoms with Crippen LogP contribution < -0.4 is 10.1 Å². The topological polar surface area (TPSA) is 21.3 Å². The van der Waals surface area contributed by atoms with E-state index in [2.05, 4.69) is 56.4 Å². The van der Waals surface area contributed by atoms with Gasteiger partial charge in [0, 0.05) is 12.1 Å². The fourth-order valence-electron chi connectivity index (χ4n) is 2.58. The molecule has 2 aromatic rings. The summed E-state index contributed by atoms with van der Waals surface area (Å²) in [7, 11) is 1.73. The number of nitrogens with one attached hydrogen (secondary N) is 1. The predicted molar refractivity (Wildman–Crippen MR) is 89.9 cm³/mol. The zero-order valence-corrected chi connectivity index (χ0v) is 13.5. The molecule has 0 radical (unpaired) electrons. The van der Waals surface area contributed by atoms with E-state index in [-0.39, 0.29) is 0 Å². The third kappa shape index (κ3) is 3.85. The molecular formula is C19H25NO. The Labute approximate surface area is 128 Å². The molecule has 0 aromatic heterocycles. The Morgan fingerprint density at radius 2 is 1.81 bits per heavy atom. The molecule has 0 unspecified atom stereocenters. The highest BCUT2D eigenvalue weighted by Crippen LogP contribution is 2.33. The molecule has 112 valence electrons. The van der Waals surface area contributed by atoms with Crippen molar-refractivity contribution in [2.45, 2.75) is 33.7 Å². The zero-order valence-electron chi connectivity index (χ0n) is 13.5. The van der Waals surface area contributed by atoms with Gasteiger partial charge in [-0.1, -0.05) is 36.8 Å². The van der Waals surface area contributed by atoms with Crippen LogP contribution in [0, 0.1) is 13.8 Å². The predicted octanol–water partition coefficient (Wildman–Crippen LogP) is 4.48. The van der Waals surface area contributed by atoms with Crippen molar-refractivity contribution in [1.82, 2.24) is 5.32 Å². The van der Waals surface area contributed by atoms with Crippen molar-refractivity contribution in [1.29, 1.82) is 0 Å². The lowest BCUT2D eigenvalue weighted by Crippen LogP contribution is -2.13. The number of ether oxygens (including phenoxy) is 1. The largest absolute Gasteiger partial charge is 0.496 e. The Balaban J connectivity index is 2.30. The van der Waals surface area contributed by atoms with Crippen LogP contribution in [0.1, 0.15) is 30.0 Å². The summed E-state index contributed by atoms with van der Waals surface area (Å²) < 4.78 is 5.51. The van der Waals surface area contributed by atoms with E-state index in [0.29, 0.717) is 0 Å². The monoisotopic (exact) mass is 283 g/mol. The van der Waals surface area contributed by atoms with Crippen molar-refractivity contribution >= 4 is 0 Å². The molecule has 0 bridgehead atoms. The van der Waals surface area contributed by atoms with E-state index in [4.69, 9.17) is 4.74 Å². The van der Waals surface area contributed by atoms with Gasteiger partial charge in [0.1, 0.15) is 5.75 Å². The normalized spacial score (nSPS) is 10.7. The summed E-state index contributed by atoms with van der Waals surface area (Å²) in [5, 5.41) is 3.44. The van der Waals surface area contributed by atoms with Gasteiger partial charge < -0.3 is 10.1 Å². The third-order valence-corrected chi connectivity index (χ3v) is 3.69. The lowest BCUT2D eigenvalue weighted by molar-refractivity contribution is 0.416. The van der Waals surface area contributed by atoms with Gasteiger partial charge in [-0.15, -0.1) is 0 Å². The minimum absolute atomic E-state index is 0.930. The molecule has 0 amide bonds. The van der Waals surface area contributed by atoms with Gasteiger partial charge in [-0.3, -0.25) is 0 Å². The molecule has 0 aliphatic rings. The Hall–Kier alpha value is -1.80. The van der Waals surface area contributed by atoms with Crippen LogP contribution in [0.5, 0.6) is 5.75 Å². The van der Waals surface area contributed by atoms with Gasteiger partial charge >= 0.3 is 0 Å². The average Bonchev–Trinajstić information content (AvgIpc) is 2.48. The van der Waals surface area contributed by atoms with Crippen LogP contribution in [0.25, 0.3) is 11.1 Å². The summed E-state index contributed by atoms with van der Waals surface area (Å²) in [6.07, 6.45) is 1.16. The van der Waals surface area contributed by atoms with E-state index in [1.165, 1.54) is 27.8 Å². The van der Waals surface area contributed by atoms with Crippen LogP contribution in [0.3, 0.4) is 0 Å². The summed E-state index contributed by atoms with van der Waals surface area (Å²) in [6, 6.07) is 13.0. The van der Waals surface area contributed by atoms with Crippen LogP contribution >= 0.6 is 0 Å². The number of rotatable bonds is 6. The molecule has 2 heteroatoms. The summed E-state index contributed by atoms with van der Waals surface area (Å²) in [4.78, 5) is 0. The maximum Gasteiger partial charge on any atom is 0.126 e. The molecule has 0 saturated carbocycles. The molecule has 0 aliphatic heterocycles. The first kappa shape index (κ1) is 15.6. The van der Waals surface area contributed by atoms with Crippen molar-refractivity contribution in [3.63, 3.8) is 0 Å². The van der Waals surface area contributed by atoms with Gasteiger partial charge in [-0.2, -0.15) is 0 Å². The summed E-state index contributed by atoms with van der Waals surface area (Å²) >= 11 is 0. The lowest BCUT2D eigenvalue weighted by atomic mass is 9.96. The molecule has 1 N–H and O–H groups in total. The van der Waals surface area contributed by atoms with Crippen molar-refractivity contribution in [2.75, 3.05) is 13.7 Å². The third-order valence-electron chi connectivity index (χ3n) is 3.69. The van der Waals surface area contributed by atoms with E-state index in [1.807, 2.05) is 6.07 Å². The van der Waals surface area contributed by atoms with Crippen LogP contribution in [-0.4, -0.2) is 13.7 Å². The fourth-order valence-corrected chi connectivity index (χ4v) is 2.58. The van der Waals surface area contributed by atoms with Gasteiger partial charge in [-0.25, -0.2) is 0 Å². The van der Waals surface area contributed by atoms with Gasteiger partial charge in [-0.05, 0) is 55.6 Å². The second kappa shape index (κ2) is 7.28. The molecule has 0 saturated heterocycles. The average molecular weight is 283 g/mol. The second-order valence-electron chi connectivity index (χ2n) is 5.53. The van der Waals surface area contributed by atoms with Crippen molar-refractivity contribution in [3.05, 3.63) is 53.1 Å². The van der Waals surface area contributed by atoms with E-state index in [0.717, 1.165) is 25.3 Å². The minimum Gasteiger partial charge on any atom is -0.496 e.